The number of aliphatic hydroxyl groups excluding tert-OH is 1. The van der Waals surface area contributed by atoms with Crippen molar-refractivity contribution in [1.82, 2.24) is 15.1 Å². The summed E-state index contributed by atoms with van der Waals surface area (Å²) in [5.41, 5.74) is 0.551. The van der Waals surface area contributed by atoms with Gasteiger partial charge in [-0.15, -0.1) is 0 Å². The predicted octanol–water partition coefficient (Wildman–Crippen LogP) is 2.61. The van der Waals surface area contributed by atoms with E-state index in [1.54, 1.807) is 13.0 Å². The zero-order chi connectivity index (χ0) is 18.2. The first-order valence-electron chi connectivity index (χ1n) is 7.90. The number of carbonyl (C=O) groups excluding carboxylic acids is 1. The third-order valence-corrected chi connectivity index (χ3v) is 4.32. The Morgan fingerprint density at radius 1 is 1.40 bits per heavy atom. The number of aromatic amines is 1. The number of hydrogen-bond acceptors (Lipinski definition) is 3. The van der Waals surface area contributed by atoms with Gasteiger partial charge in [-0.05, 0) is 31.0 Å². The molecule has 3 rings (SSSR count). The summed E-state index contributed by atoms with van der Waals surface area (Å²) in [7, 11) is 0. The number of rotatable bonds is 3. The molecule has 8 heteroatoms. The molecule has 1 aliphatic rings. The van der Waals surface area contributed by atoms with Gasteiger partial charge < -0.3 is 10.0 Å². The van der Waals surface area contributed by atoms with E-state index in [-0.39, 0.29) is 30.9 Å². The van der Waals surface area contributed by atoms with Crippen LogP contribution in [-0.2, 0) is 17.4 Å². The number of halogens is 3. The SMILES string of the molecule is Cc1cc(CC(=O)N2C[C@H](O)C[C@H]2c2ccccc2C(F)(F)F)n[nH]1. The number of hydrogen-bond donors (Lipinski definition) is 2. The molecular formula is C17H18F3N3O2. The Hall–Kier alpha value is -2.35. The van der Waals surface area contributed by atoms with Crippen LogP contribution < -0.4 is 0 Å². The number of H-pyrrole nitrogens is 1. The Kier molecular flexibility index (Phi) is 4.55. The highest BCUT2D eigenvalue weighted by Crippen LogP contribution is 2.40. The van der Waals surface area contributed by atoms with Crippen LogP contribution >= 0.6 is 0 Å². The minimum atomic E-state index is -4.52. The summed E-state index contributed by atoms with van der Waals surface area (Å²) in [6.45, 7) is 1.81. The number of aliphatic hydroxyl groups is 1. The fourth-order valence-electron chi connectivity index (χ4n) is 3.25. The minimum absolute atomic E-state index is 0.0121. The van der Waals surface area contributed by atoms with Gasteiger partial charge in [0.25, 0.3) is 0 Å². The monoisotopic (exact) mass is 353 g/mol. The molecule has 0 spiro atoms. The molecule has 2 N–H and O–H groups in total. The van der Waals surface area contributed by atoms with Crippen LogP contribution in [0.5, 0.6) is 0 Å². The van der Waals surface area contributed by atoms with E-state index in [0.717, 1.165) is 11.8 Å². The lowest BCUT2D eigenvalue weighted by atomic mass is 9.97. The molecule has 1 aromatic heterocycles. The van der Waals surface area contributed by atoms with Gasteiger partial charge in [0.05, 0.1) is 29.8 Å². The van der Waals surface area contributed by atoms with Gasteiger partial charge in [-0.3, -0.25) is 9.89 Å². The van der Waals surface area contributed by atoms with Crippen molar-refractivity contribution in [2.75, 3.05) is 6.54 Å². The van der Waals surface area contributed by atoms with Crippen molar-refractivity contribution in [3.63, 3.8) is 0 Å². The van der Waals surface area contributed by atoms with Gasteiger partial charge in [-0.1, -0.05) is 18.2 Å². The van der Waals surface area contributed by atoms with Crippen LogP contribution in [0.4, 0.5) is 13.2 Å². The van der Waals surface area contributed by atoms with E-state index >= 15 is 0 Å². The first-order chi connectivity index (χ1) is 11.8. The van der Waals surface area contributed by atoms with E-state index in [1.165, 1.54) is 23.1 Å². The van der Waals surface area contributed by atoms with Gasteiger partial charge in [-0.2, -0.15) is 18.3 Å². The van der Waals surface area contributed by atoms with Gasteiger partial charge in [0, 0.05) is 12.2 Å². The molecular weight excluding hydrogens is 335 g/mol. The number of aryl methyl sites for hydroxylation is 1. The topological polar surface area (TPSA) is 69.2 Å². The number of alkyl halides is 3. The highest BCUT2D eigenvalue weighted by atomic mass is 19.4. The molecule has 2 aromatic rings. The van der Waals surface area contributed by atoms with Crippen molar-refractivity contribution in [2.45, 2.75) is 38.1 Å². The number of β-amino-alcohol motifs (C(OH)–C–C–N with tert-alkyl or cyclic N) is 1. The lowest BCUT2D eigenvalue weighted by Crippen LogP contribution is -2.33. The lowest BCUT2D eigenvalue weighted by Gasteiger charge is -2.27. The van der Waals surface area contributed by atoms with E-state index in [9.17, 15) is 23.1 Å². The van der Waals surface area contributed by atoms with Gasteiger partial charge >= 0.3 is 6.18 Å². The number of likely N-dealkylation sites (tertiary alicyclic amines) is 1. The standard InChI is InChI=1S/C17H18F3N3O2/c1-10-6-11(22-21-10)7-16(25)23-9-12(24)8-15(23)13-4-2-3-5-14(13)17(18,19)20/h2-6,12,15,24H,7-9H2,1H3,(H,21,22)/t12-,15+/m1/s1. The van der Waals surface area contributed by atoms with Crippen LogP contribution in [0, 0.1) is 6.92 Å². The zero-order valence-electron chi connectivity index (χ0n) is 13.5. The highest BCUT2D eigenvalue weighted by molar-refractivity contribution is 5.79. The second-order valence-electron chi connectivity index (χ2n) is 6.26. The lowest BCUT2D eigenvalue weighted by molar-refractivity contribution is -0.140. The summed E-state index contributed by atoms with van der Waals surface area (Å²) >= 11 is 0. The average Bonchev–Trinajstić information content (AvgIpc) is 3.12. The molecule has 1 aliphatic heterocycles. The van der Waals surface area contributed by atoms with Crippen molar-refractivity contribution in [3.05, 3.63) is 52.8 Å². The summed E-state index contributed by atoms with van der Waals surface area (Å²) in [5.74, 6) is -0.356. The molecule has 25 heavy (non-hydrogen) atoms. The van der Waals surface area contributed by atoms with Gasteiger partial charge in [0.15, 0.2) is 0 Å². The van der Waals surface area contributed by atoms with E-state index < -0.39 is 23.9 Å². The fraction of sp³-hybridized carbons (Fsp3) is 0.412. The molecule has 2 atom stereocenters. The normalized spacial score (nSPS) is 20.9. The molecule has 0 saturated carbocycles. The molecule has 0 radical (unpaired) electrons. The highest BCUT2D eigenvalue weighted by Gasteiger charge is 2.41. The van der Waals surface area contributed by atoms with Crippen LogP contribution in [0.1, 0.15) is 35.0 Å². The molecule has 2 heterocycles. The second kappa shape index (κ2) is 6.51. The fourth-order valence-corrected chi connectivity index (χ4v) is 3.25. The van der Waals surface area contributed by atoms with E-state index in [4.69, 9.17) is 0 Å². The molecule has 0 unspecified atom stereocenters. The summed E-state index contributed by atoms with van der Waals surface area (Å²) < 4.78 is 39.9. The molecule has 0 aliphatic carbocycles. The van der Waals surface area contributed by atoms with E-state index in [0.29, 0.717) is 5.69 Å². The van der Waals surface area contributed by atoms with Crippen LogP contribution in [0.15, 0.2) is 30.3 Å². The molecule has 5 nitrogen and oxygen atoms in total. The Morgan fingerprint density at radius 2 is 2.12 bits per heavy atom. The first-order valence-corrected chi connectivity index (χ1v) is 7.90. The van der Waals surface area contributed by atoms with Crippen LogP contribution in [0.25, 0.3) is 0 Å². The van der Waals surface area contributed by atoms with Crippen molar-refractivity contribution >= 4 is 5.91 Å². The second-order valence-corrected chi connectivity index (χ2v) is 6.26. The summed E-state index contributed by atoms with van der Waals surface area (Å²) in [6.07, 6.45) is -5.31. The Balaban J connectivity index is 1.89. The smallest absolute Gasteiger partial charge is 0.391 e. The first kappa shape index (κ1) is 17.5. The summed E-state index contributed by atoms with van der Waals surface area (Å²) in [5, 5.41) is 16.7. The van der Waals surface area contributed by atoms with Crippen molar-refractivity contribution < 1.29 is 23.1 Å². The van der Waals surface area contributed by atoms with Crippen LogP contribution in [0.2, 0.25) is 0 Å². The number of carbonyl (C=O) groups is 1. The van der Waals surface area contributed by atoms with Gasteiger partial charge in [0.1, 0.15) is 0 Å². The Bertz CT molecular complexity index is 772. The maximum Gasteiger partial charge on any atom is 0.416 e. The Morgan fingerprint density at radius 3 is 2.76 bits per heavy atom. The van der Waals surface area contributed by atoms with E-state index in [2.05, 4.69) is 10.2 Å². The molecule has 1 aromatic carbocycles. The van der Waals surface area contributed by atoms with Crippen LogP contribution in [0.3, 0.4) is 0 Å². The largest absolute Gasteiger partial charge is 0.416 e. The molecule has 134 valence electrons. The quantitative estimate of drug-likeness (QED) is 0.891. The Labute approximate surface area is 142 Å². The maximum atomic E-state index is 13.3. The van der Waals surface area contributed by atoms with E-state index in [1.807, 2.05) is 0 Å². The van der Waals surface area contributed by atoms with Crippen LogP contribution in [-0.4, -0.2) is 38.8 Å². The molecule has 1 fully saturated rings. The number of benzene rings is 1. The van der Waals surface area contributed by atoms with Gasteiger partial charge in [0.2, 0.25) is 5.91 Å². The van der Waals surface area contributed by atoms with Crippen molar-refractivity contribution in [2.24, 2.45) is 0 Å². The summed E-state index contributed by atoms with van der Waals surface area (Å²) in [6, 6.07) is 6.10. The number of amides is 1. The third kappa shape index (κ3) is 3.68. The third-order valence-electron chi connectivity index (χ3n) is 4.32. The predicted molar refractivity (Wildman–Crippen MR) is 83.6 cm³/mol. The summed E-state index contributed by atoms with van der Waals surface area (Å²) in [4.78, 5) is 13.9. The van der Waals surface area contributed by atoms with Crippen molar-refractivity contribution in [3.8, 4) is 0 Å². The molecule has 1 saturated heterocycles. The van der Waals surface area contributed by atoms with Gasteiger partial charge in [-0.25, -0.2) is 0 Å². The minimum Gasteiger partial charge on any atom is -0.391 e. The average molecular weight is 353 g/mol. The molecule has 1 amide bonds. The zero-order valence-corrected chi connectivity index (χ0v) is 13.5. The maximum absolute atomic E-state index is 13.3. The number of aromatic nitrogens is 2. The number of nitrogens with one attached hydrogen (secondary N) is 1. The van der Waals surface area contributed by atoms with Crippen molar-refractivity contribution in [1.29, 1.82) is 0 Å². The number of nitrogens with zero attached hydrogens (tertiary/aromatic N) is 2. The molecule has 0 bridgehead atoms.